The molecular formula is C18H22N4O2S. The third kappa shape index (κ3) is 3.20. The van der Waals surface area contributed by atoms with Crippen LogP contribution in [-0.2, 0) is 0 Å². The Bertz CT molecular complexity index is 733. The van der Waals surface area contributed by atoms with Gasteiger partial charge in [0.15, 0.2) is 0 Å². The highest BCUT2D eigenvalue weighted by molar-refractivity contribution is 7.07. The van der Waals surface area contributed by atoms with Gasteiger partial charge in [-0.15, -0.1) is 11.3 Å². The quantitative estimate of drug-likeness (QED) is 0.897. The van der Waals surface area contributed by atoms with Crippen molar-refractivity contribution < 1.29 is 9.59 Å². The normalized spacial score (nSPS) is 20.0. The number of amides is 2. The molecule has 0 saturated carbocycles. The molecule has 1 N–H and O–H groups in total. The average Bonchev–Trinajstić information content (AvgIpc) is 3.35. The predicted molar refractivity (Wildman–Crippen MR) is 95.6 cm³/mol. The molecule has 0 aromatic carbocycles. The molecule has 2 aromatic rings. The number of carbonyl (C=O) groups excluding carboxylic acids is 2. The van der Waals surface area contributed by atoms with Gasteiger partial charge < -0.3 is 14.8 Å². The van der Waals surface area contributed by atoms with E-state index in [1.807, 2.05) is 21.2 Å². The Kier molecular flexibility index (Phi) is 4.33. The maximum absolute atomic E-state index is 12.6. The minimum atomic E-state index is 0.0474. The lowest BCUT2D eigenvalue weighted by Crippen LogP contribution is -2.52. The summed E-state index contributed by atoms with van der Waals surface area (Å²) >= 11 is 1.46. The monoisotopic (exact) mass is 358 g/mol. The summed E-state index contributed by atoms with van der Waals surface area (Å²) in [5, 5.41) is 1.82. The summed E-state index contributed by atoms with van der Waals surface area (Å²) in [5.74, 6) is 0.147. The average molecular weight is 358 g/mol. The number of H-pyrrole nitrogens is 1. The highest BCUT2D eigenvalue weighted by atomic mass is 32.1. The number of aromatic amines is 1. The second-order valence-corrected chi connectivity index (χ2v) is 7.81. The van der Waals surface area contributed by atoms with E-state index in [0.717, 1.165) is 57.4 Å². The Balaban J connectivity index is 1.40. The predicted octanol–water partition coefficient (Wildman–Crippen LogP) is 2.63. The van der Waals surface area contributed by atoms with Crippen molar-refractivity contribution in [3.8, 4) is 0 Å². The summed E-state index contributed by atoms with van der Waals surface area (Å²) in [5.41, 5.74) is 3.14. The fraction of sp³-hybridized carbons (Fsp3) is 0.500. The molecule has 2 fully saturated rings. The van der Waals surface area contributed by atoms with E-state index in [0.29, 0.717) is 5.69 Å². The van der Waals surface area contributed by atoms with E-state index in [-0.39, 0.29) is 17.2 Å². The lowest BCUT2D eigenvalue weighted by molar-refractivity contribution is 0.0199. The molecule has 0 aliphatic carbocycles. The molecule has 2 saturated heterocycles. The number of piperidine rings is 2. The van der Waals surface area contributed by atoms with Gasteiger partial charge in [-0.05, 0) is 37.2 Å². The molecule has 0 unspecified atom stereocenters. The largest absolute Gasteiger partial charge is 0.367 e. The summed E-state index contributed by atoms with van der Waals surface area (Å²) in [6.07, 6.45) is 7.62. The van der Waals surface area contributed by atoms with Crippen molar-refractivity contribution in [2.75, 3.05) is 26.2 Å². The standard InChI is InChI=1S/C18H22N4O2S/c23-16(14-2-6-19-10-14)21-8-4-18(5-9-21)3-1-7-22(12-18)17(24)15-11-25-13-20-15/h2,6,10-11,13,19H,1,3-5,7-9,12H2. The van der Waals surface area contributed by atoms with Crippen LogP contribution in [0.25, 0.3) is 0 Å². The van der Waals surface area contributed by atoms with Crippen LogP contribution in [0.15, 0.2) is 29.4 Å². The highest BCUT2D eigenvalue weighted by Gasteiger charge is 2.40. The Morgan fingerprint density at radius 2 is 1.96 bits per heavy atom. The van der Waals surface area contributed by atoms with E-state index >= 15 is 0 Å². The maximum atomic E-state index is 12.6. The van der Waals surface area contributed by atoms with Crippen molar-refractivity contribution in [3.05, 3.63) is 40.6 Å². The highest BCUT2D eigenvalue weighted by Crippen LogP contribution is 2.40. The van der Waals surface area contributed by atoms with E-state index in [1.165, 1.54) is 11.3 Å². The van der Waals surface area contributed by atoms with Gasteiger partial charge in [0.2, 0.25) is 0 Å². The van der Waals surface area contributed by atoms with Crippen LogP contribution in [0.2, 0.25) is 0 Å². The Morgan fingerprint density at radius 1 is 1.12 bits per heavy atom. The molecule has 25 heavy (non-hydrogen) atoms. The number of carbonyl (C=O) groups is 2. The van der Waals surface area contributed by atoms with Crippen LogP contribution in [0.4, 0.5) is 0 Å². The van der Waals surface area contributed by atoms with Crippen molar-refractivity contribution in [2.24, 2.45) is 5.41 Å². The molecule has 4 heterocycles. The van der Waals surface area contributed by atoms with Crippen molar-refractivity contribution in [2.45, 2.75) is 25.7 Å². The number of thiazole rings is 1. The van der Waals surface area contributed by atoms with Gasteiger partial charge in [-0.25, -0.2) is 4.98 Å². The van der Waals surface area contributed by atoms with E-state index in [2.05, 4.69) is 9.97 Å². The fourth-order valence-electron chi connectivity index (χ4n) is 4.09. The second-order valence-electron chi connectivity index (χ2n) is 7.10. The minimum Gasteiger partial charge on any atom is -0.367 e. The molecule has 0 bridgehead atoms. The molecule has 1 spiro atoms. The van der Waals surface area contributed by atoms with Crippen molar-refractivity contribution in [3.63, 3.8) is 0 Å². The molecular weight excluding hydrogens is 336 g/mol. The Labute approximate surface area is 150 Å². The number of hydrogen-bond donors (Lipinski definition) is 1. The number of nitrogens with zero attached hydrogens (tertiary/aromatic N) is 3. The molecule has 7 heteroatoms. The zero-order valence-electron chi connectivity index (χ0n) is 14.1. The van der Waals surface area contributed by atoms with E-state index in [1.54, 1.807) is 17.9 Å². The van der Waals surface area contributed by atoms with Crippen LogP contribution in [0.1, 0.15) is 46.5 Å². The molecule has 2 aliphatic heterocycles. The molecule has 132 valence electrons. The lowest BCUT2D eigenvalue weighted by Gasteiger charge is -2.47. The SMILES string of the molecule is O=C(c1cc[nH]c1)N1CCC2(CCCN(C(=O)c3cscn3)C2)CC1. The minimum absolute atomic E-state index is 0.0474. The van der Waals surface area contributed by atoms with Gasteiger partial charge in [-0.1, -0.05) is 0 Å². The van der Waals surface area contributed by atoms with Gasteiger partial charge in [-0.3, -0.25) is 9.59 Å². The number of aromatic nitrogens is 2. The first-order valence-electron chi connectivity index (χ1n) is 8.76. The van der Waals surface area contributed by atoms with Gasteiger partial charge in [0.05, 0.1) is 11.1 Å². The first-order valence-corrected chi connectivity index (χ1v) is 9.71. The van der Waals surface area contributed by atoms with Crippen LogP contribution < -0.4 is 0 Å². The number of rotatable bonds is 2. The van der Waals surface area contributed by atoms with E-state index in [4.69, 9.17) is 0 Å². The summed E-state index contributed by atoms with van der Waals surface area (Å²) in [6, 6.07) is 1.82. The zero-order valence-corrected chi connectivity index (χ0v) is 14.9. The first kappa shape index (κ1) is 16.3. The van der Waals surface area contributed by atoms with Crippen molar-refractivity contribution in [1.82, 2.24) is 19.8 Å². The first-order chi connectivity index (χ1) is 12.2. The third-order valence-corrected chi connectivity index (χ3v) is 6.14. The topological polar surface area (TPSA) is 69.3 Å². The van der Waals surface area contributed by atoms with Gasteiger partial charge in [-0.2, -0.15) is 0 Å². The summed E-state index contributed by atoms with van der Waals surface area (Å²) in [7, 11) is 0. The number of hydrogen-bond acceptors (Lipinski definition) is 4. The van der Waals surface area contributed by atoms with Gasteiger partial charge in [0, 0.05) is 44.0 Å². The molecule has 0 radical (unpaired) electrons. The molecule has 0 atom stereocenters. The molecule has 4 rings (SSSR count). The van der Waals surface area contributed by atoms with Gasteiger partial charge in [0.1, 0.15) is 5.69 Å². The summed E-state index contributed by atoms with van der Waals surface area (Å²) in [4.78, 5) is 36.1. The van der Waals surface area contributed by atoms with Crippen LogP contribution in [0.3, 0.4) is 0 Å². The molecule has 2 amide bonds. The lowest BCUT2D eigenvalue weighted by atomic mass is 9.72. The van der Waals surface area contributed by atoms with Crippen LogP contribution in [-0.4, -0.2) is 57.8 Å². The van der Waals surface area contributed by atoms with Crippen LogP contribution in [0, 0.1) is 5.41 Å². The fourth-order valence-corrected chi connectivity index (χ4v) is 4.62. The zero-order chi connectivity index (χ0) is 17.3. The molecule has 6 nitrogen and oxygen atoms in total. The molecule has 2 aromatic heterocycles. The van der Waals surface area contributed by atoms with Gasteiger partial charge >= 0.3 is 0 Å². The van der Waals surface area contributed by atoms with Crippen LogP contribution in [0.5, 0.6) is 0 Å². The second kappa shape index (κ2) is 6.63. The smallest absolute Gasteiger partial charge is 0.273 e. The third-order valence-electron chi connectivity index (χ3n) is 5.56. The summed E-state index contributed by atoms with van der Waals surface area (Å²) in [6.45, 7) is 3.13. The summed E-state index contributed by atoms with van der Waals surface area (Å²) < 4.78 is 0. The van der Waals surface area contributed by atoms with E-state index < -0.39 is 0 Å². The van der Waals surface area contributed by atoms with E-state index in [9.17, 15) is 9.59 Å². The van der Waals surface area contributed by atoms with Gasteiger partial charge in [0.25, 0.3) is 11.8 Å². The maximum Gasteiger partial charge on any atom is 0.273 e. The molecule has 2 aliphatic rings. The Morgan fingerprint density at radius 3 is 2.64 bits per heavy atom. The van der Waals surface area contributed by atoms with Crippen molar-refractivity contribution >= 4 is 23.2 Å². The van der Waals surface area contributed by atoms with Crippen LogP contribution >= 0.6 is 11.3 Å². The van der Waals surface area contributed by atoms with Crippen molar-refractivity contribution in [1.29, 1.82) is 0 Å². The number of nitrogens with one attached hydrogen (secondary N) is 1. The Hall–Kier alpha value is -2.15. The number of likely N-dealkylation sites (tertiary alicyclic amines) is 2.